The Kier molecular flexibility index (Phi) is 4.22. The van der Waals surface area contributed by atoms with Crippen LogP contribution in [0.25, 0.3) is 11.0 Å². The molecule has 0 radical (unpaired) electrons. The molecule has 1 heterocycles. The highest BCUT2D eigenvalue weighted by atomic mass is 16.3. The van der Waals surface area contributed by atoms with Crippen LogP contribution in [-0.4, -0.2) is 40.3 Å². The van der Waals surface area contributed by atoms with E-state index >= 15 is 0 Å². The molecule has 0 fully saturated rings. The molecule has 1 atom stereocenters. The molecule has 0 aliphatic heterocycles. The third kappa shape index (κ3) is 2.80. The average Bonchev–Trinajstić information content (AvgIpc) is 2.72. The molecular weight excluding hydrogens is 238 g/mol. The number of aliphatic hydroxyl groups excluding tert-OH is 1. The number of rotatable bonds is 5. The molecular formula is C15H23N3O. The molecule has 0 spiro atoms. The molecule has 0 aliphatic carbocycles. The molecule has 2 aromatic rings. The highest BCUT2D eigenvalue weighted by Gasteiger charge is 2.17. The topological polar surface area (TPSA) is 41.3 Å². The largest absolute Gasteiger partial charge is 0.396 e. The lowest BCUT2D eigenvalue weighted by Gasteiger charge is -2.20. The zero-order valence-corrected chi connectivity index (χ0v) is 12.2. The number of benzene rings is 1. The van der Waals surface area contributed by atoms with Crippen LogP contribution in [0, 0.1) is 6.92 Å². The van der Waals surface area contributed by atoms with Crippen molar-refractivity contribution in [3.63, 3.8) is 0 Å². The number of hydrogen-bond donors (Lipinski definition) is 1. The van der Waals surface area contributed by atoms with Crippen molar-refractivity contribution >= 4 is 11.0 Å². The highest BCUT2D eigenvalue weighted by molar-refractivity contribution is 5.77. The highest BCUT2D eigenvalue weighted by Crippen LogP contribution is 2.24. The predicted molar refractivity (Wildman–Crippen MR) is 78.3 cm³/mol. The fraction of sp³-hybridized carbons (Fsp3) is 0.533. The normalized spacial score (nSPS) is 13.4. The van der Waals surface area contributed by atoms with Crippen LogP contribution in [0.4, 0.5) is 0 Å². The van der Waals surface area contributed by atoms with Crippen molar-refractivity contribution in [1.29, 1.82) is 0 Å². The number of aliphatic hydroxyl groups is 1. The second-order valence-electron chi connectivity index (χ2n) is 5.33. The van der Waals surface area contributed by atoms with Gasteiger partial charge in [-0.25, -0.2) is 4.98 Å². The van der Waals surface area contributed by atoms with Gasteiger partial charge in [-0.3, -0.25) is 4.90 Å². The minimum atomic E-state index is 0.210. The molecule has 0 saturated heterocycles. The Balaban J connectivity index is 2.53. The summed E-state index contributed by atoms with van der Waals surface area (Å²) in [6.07, 6.45) is 0.756. The van der Waals surface area contributed by atoms with E-state index in [4.69, 9.17) is 10.1 Å². The van der Waals surface area contributed by atoms with Crippen LogP contribution in [0.3, 0.4) is 0 Å². The number of fused-ring (bicyclic) bond motifs is 1. The van der Waals surface area contributed by atoms with Gasteiger partial charge >= 0.3 is 0 Å². The second-order valence-corrected chi connectivity index (χ2v) is 5.33. The molecule has 104 valence electrons. The van der Waals surface area contributed by atoms with E-state index in [0.29, 0.717) is 0 Å². The lowest BCUT2D eigenvalue weighted by molar-refractivity contribution is 0.272. The third-order valence-corrected chi connectivity index (χ3v) is 3.62. The maximum Gasteiger partial charge on any atom is 0.126 e. The smallest absolute Gasteiger partial charge is 0.126 e. The zero-order valence-electron chi connectivity index (χ0n) is 12.2. The van der Waals surface area contributed by atoms with Crippen LogP contribution in [0.2, 0.25) is 0 Å². The third-order valence-electron chi connectivity index (χ3n) is 3.62. The van der Waals surface area contributed by atoms with E-state index in [1.807, 2.05) is 0 Å². The molecule has 0 amide bonds. The zero-order chi connectivity index (χ0) is 14.0. The number of aryl methyl sites for hydroxylation is 2. The average molecular weight is 261 g/mol. The predicted octanol–water partition coefficient (Wildman–Crippen LogP) is 2.35. The van der Waals surface area contributed by atoms with Gasteiger partial charge in [-0.05, 0) is 52.1 Å². The Morgan fingerprint density at radius 2 is 2.11 bits per heavy atom. The molecule has 1 aromatic heterocycles. The molecule has 0 bridgehead atoms. The fourth-order valence-corrected chi connectivity index (χ4v) is 2.27. The van der Waals surface area contributed by atoms with Gasteiger partial charge in [-0.1, -0.05) is 6.07 Å². The number of imidazole rings is 1. The van der Waals surface area contributed by atoms with Crippen molar-refractivity contribution in [3.05, 3.63) is 29.6 Å². The van der Waals surface area contributed by atoms with Crippen molar-refractivity contribution < 1.29 is 5.11 Å². The van der Waals surface area contributed by atoms with Crippen LogP contribution >= 0.6 is 0 Å². The summed E-state index contributed by atoms with van der Waals surface area (Å²) in [6, 6.07) is 6.62. The summed E-state index contributed by atoms with van der Waals surface area (Å²) in [5, 5.41) is 9.08. The van der Waals surface area contributed by atoms with Crippen molar-refractivity contribution in [2.45, 2.75) is 32.9 Å². The van der Waals surface area contributed by atoms with E-state index in [0.717, 1.165) is 29.8 Å². The summed E-state index contributed by atoms with van der Waals surface area (Å²) in [6.45, 7) is 5.26. The molecule has 4 heteroatoms. The molecule has 0 saturated carbocycles. The van der Waals surface area contributed by atoms with Crippen molar-refractivity contribution in [3.8, 4) is 0 Å². The Bertz CT molecular complexity index is 560. The van der Waals surface area contributed by atoms with E-state index < -0.39 is 0 Å². The minimum absolute atomic E-state index is 0.210. The second kappa shape index (κ2) is 5.72. The summed E-state index contributed by atoms with van der Waals surface area (Å²) in [4.78, 5) is 6.94. The molecule has 1 unspecified atom stereocenters. The molecule has 0 aliphatic rings. The molecule has 1 N–H and O–H groups in total. The fourth-order valence-electron chi connectivity index (χ4n) is 2.27. The SMILES string of the molecule is Cc1ccc2c(c1)nc(C(C)N(C)C)n2CCCO. The summed E-state index contributed by atoms with van der Waals surface area (Å²) < 4.78 is 2.23. The van der Waals surface area contributed by atoms with Gasteiger partial charge in [0, 0.05) is 13.2 Å². The van der Waals surface area contributed by atoms with Crippen LogP contribution in [0.15, 0.2) is 18.2 Å². The Hall–Kier alpha value is -1.39. The van der Waals surface area contributed by atoms with Gasteiger partial charge in [0.25, 0.3) is 0 Å². The van der Waals surface area contributed by atoms with Crippen LogP contribution in [0.1, 0.15) is 30.8 Å². The first kappa shape index (κ1) is 14.0. The van der Waals surface area contributed by atoms with Gasteiger partial charge in [-0.2, -0.15) is 0 Å². The van der Waals surface area contributed by atoms with Crippen LogP contribution in [-0.2, 0) is 6.54 Å². The number of aromatic nitrogens is 2. The van der Waals surface area contributed by atoms with E-state index in [-0.39, 0.29) is 12.6 Å². The van der Waals surface area contributed by atoms with E-state index in [2.05, 4.69) is 55.6 Å². The Morgan fingerprint density at radius 3 is 2.74 bits per heavy atom. The lowest BCUT2D eigenvalue weighted by Crippen LogP contribution is -2.21. The van der Waals surface area contributed by atoms with Crippen molar-refractivity contribution in [1.82, 2.24) is 14.5 Å². The minimum Gasteiger partial charge on any atom is -0.396 e. The van der Waals surface area contributed by atoms with Gasteiger partial charge < -0.3 is 9.67 Å². The quantitative estimate of drug-likeness (QED) is 0.898. The van der Waals surface area contributed by atoms with Crippen LogP contribution in [0.5, 0.6) is 0 Å². The summed E-state index contributed by atoms with van der Waals surface area (Å²) in [7, 11) is 4.12. The lowest BCUT2D eigenvalue weighted by atomic mass is 10.2. The Morgan fingerprint density at radius 1 is 1.37 bits per heavy atom. The van der Waals surface area contributed by atoms with E-state index in [1.165, 1.54) is 5.56 Å². The summed E-state index contributed by atoms with van der Waals surface area (Å²) in [5.41, 5.74) is 3.42. The first-order chi connectivity index (χ1) is 9.04. The van der Waals surface area contributed by atoms with E-state index in [1.54, 1.807) is 0 Å². The van der Waals surface area contributed by atoms with Crippen molar-refractivity contribution in [2.75, 3.05) is 20.7 Å². The van der Waals surface area contributed by atoms with Gasteiger partial charge in [0.05, 0.1) is 17.1 Å². The molecule has 4 nitrogen and oxygen atoms in total. The maximum absolute atomic E-state index is 9.08. The number of nitrogens with zero attached hydrogens (tertiary/aromatic N) is 3. The van der Waals surface area contributed by atoms with Gasteiger partial charge in [0.15, 0.2) is 0 Å². The first-order valence-corrected chi connectivity index (χ1v) is 6.78. The first-order valence-electron chi connectivity index (χ1n) is 6.78. The van der Waals surface area contributed by atoms with E-state index in [9.17, 15) is 0 Å². The summed E-state index contributed by atoms with van der Waals surface area (Å²) in [5.74, 6) is 1.07. The number of hydrogen-bond acceptors (Lipinski definition) is 3. The molecule has 2 rings (SSSR count). The van der Waals surface area contributed by atoms with Gasteiger partial charge in [0.2, 0.25) is 0 Å². The molecule has 1 aromatic carbocycles. The maximum atomic E-state index is 9.08. The van der Waals surface area contributed by atoms with Crippen LogP contribution < -0.4 is 0 Å². The van der Waals surface area contributed by atoms with Gasteiger partial charge in [-0.15, -0.1) is 0 Å². The Labute approximate surface area is 114 Å². The monoisotopic (exact) mass is 261 g/mol. The molecule has 19 heavy (non-hydrogen) atoms. The van der Waals surface area contributed by atoms with Crippen molar-refractivity contribution in [2.24, 2.45) is 0 Å². The summed E-state index contributed by atoms with van der Waals surface area (Å²) >= 11 is 0. The standard InChI is InChI=1S/C15H23N3O/c1-11-6-7-14-13(10-11)16-15(12(2)17(3)4)18(14)8-5-9-19/h6-7,10,12,19H,5,8-9H2,1-4H3. The van der Waals surface area contributed by atoms with Gasteiger partial charge in [0.1, 0.15) is 5.82 Å².